The Balaban J connectivity index is 1.61. The third-order valence-corrected chi connectivity index (χ3v) is 5.41. The molecule has 0 amide bonds. The van der Waals surface area contributed by atoms with Crippen molar-refractivity contribution < 1.29 is 0 Å². The van der Waals surface area contributed by atoms with Crippen LogP contribution in [0.4, 0.5) is 0 Å². The average molecular weight is 287 g/mol. The zero-order valence-corrected chi connectivity index (χ0v) is 13.3. The van der Waals surface area contributed by atoms with E-state index in [0.29, 0.717) is 6.04 Å². The lowest BCUT2D eigenvalue weighted by Crippen LogP contribution is -2.47. The summed E-state index contributed by atoms with van der Waals surface area (Å²) in [5, 5.41) is 0. The van der Waals surface area contributed by atoms with Gasteiger partial charge in [-0.25, -0.2) is 0 Å². The summed E-state index contributed by atoms with van der Waals surface area (Å²) >= 11 is 0. The van der Waals surface area contributed by atoms with Crippen LogP contribution in [0.15, 0.2) is 24.3 Å². The summed E-state index contributed by atoms with van der Waals surface area (Å²) in [6.45, 7) is 4.31. The van der Waals surface area contributed by atoms with Gasteiger partial charge in [0.05, 0.1) is 0 Å². The molecule has 3 rings (SSSR count). The van der Waals surface area contributed by atoms with Crippen LogP contribution in [0.25, 0.3) is 0 Å². The van der Waals surface area contributed by atoms with Gasteiger partial charge in [0.1, 0.15) is 0 Å². The first-order valence-electron chi connectivity index (χ1n) is 8.49. The van der Waals surface area contributed by atoms with Crippen LogP contribution >= 0.6 is 0 Å². The maximum atomic E-state index is 6.03. The van der Waals surface area contributed by atoms with Gasteiger partial charge in [-0.2, -0.15) is 0 Å². The number of fused-ring (bicyclic) bond motifs is 1. The van der Waals surface area contributed by atoms with E-state index >= 15 is 0 Å². The van der Waals surface area contributed by atoms with E-state index in [1.165, 1.54) is 49.9 Å². The molecule has 0 bridgehead atoms. The second-order valence-corrected chi connectivity index (χ2v) is 6.75. The monoisotopic (exact) mass is 287 g/mol. The van der Waals surface area contributed by atoms with Gasteiger partial charge in [0.2, 0.25) is 0 Å². The van der Waals surface area contributed by atoms with E-state index in [9.17, 15) is 0 Å². The van der Waals surface area contributed by atoms with Crippen LogP contribution in [0.3, 0.4) is 0 Å². The number of hydrogen-bond acceptors (Lipinski definition) is 3. The Morgan fingerprint density at radius 3 is 2.71 bits per heavy atom. The Morgan fingerprint density at radius 1 is 1.14 bits per heavy atom. The van der Waals surface area contributed by atoms with E-state index in [2.05, 4.69) is 41.1 Å². The van der Waals surface area contributed by atoms with Crippen LogP contribution in [-0.2, 0) is 13.0 Å². The van der Waals surface area contributed by atoms with Gasteiger partial charge in [-0.1, -0.05) is 30.7 Å². The minimum Gasteiger partial charge on any atom is -0.329 e. The molecule has 21 heavy (non-hydrogen) atoms. The molecule has 3 heteroatoms. The molecule has 1 aromatic rings. The second-order valence-electron chi connectivity index (χ2n) is 6.75. The molecule has 0 aromatic heterocycles. The molecule has 1 aromatic carbocycles. The lowest BCUT2D eigenvalue weighted by atomic mass is 9.93. The highest BCUT2D eigenvalue weighted by atomic mass is 15.2. The molecular weight excluding hydrogens is 258 g/mol. The van der Waals surface area contributed by atoms with Crippen LogP contribution in [0, 0.1) is 0 Å². The average Bonchev–Trinajstić information content (AvgIpc) is 2.53. The molecule has 0 saturated carbocycles. The molecule has 3 nitrogen and oxygen atoms in total. The molecule has 2 atom stereocenters. The summed E-state index contributed by atoms with van der Waals surface area (Å²) in [6, 6.07) is 10.2. The molecule has 2 heterocycles. The maximum absolute atomic E-state index is 6.03. The summed E-state index contributed by atoms with van der Waals surface area (Å²) in [5.41, 5.74) is 9.03. The van der Waals surface area contributed by atoms with Crippen LogP contribution in [0.5, 0.6) is 0 Å². The molecule has 0 aliphatic carbocycles. The topological polar surface area (TPSA) is 32.5 Å². The van der Waals surface area contributed by atoms with Crippen LogP contribution in [0.1, 0.15) is 36.8 Å². The molecular formula is C18H29N3. The largest absolute Gasteiger partial charge is 0.329 e. The first-order valence-corrected chi connectivity index (χ1v) is 8.49. The Morgan fingerprint density at radius 2 is 1.95 bits per heavy atom. The zero-order chi connectivity index (χ0) is 14.7. The quantitative estimate of drug-likeness (QED) is 0.922. The van der Waals surface area contributed by atoms with Crippen molar-refractivity contribution in [1.82, 2.24) is 9.80 Å². The summed E-state index contributed by atoms with van der Waals surface area (Å²) < 4.78 is 0. The van der Waals surface area contributed by atoms with Crippen molar-refractivity contribution in [3.8, 4) is 0 Å². The van der Waals surface area contributed by atoms with E-state index < -0.39 is 0 Å². The Bertz CT molecular complexity index is 460. The molecule has 1 fully saturated rings. The van der Waals surface area contributed by atoms with E-state index in [0.717, 1.165) is 25.6 Å². The van der Waals surface area contributed by atoms with Crippen molar-refractivity contribution in [3.05, 3.63) is 35.4 Å². The van der Waals surface area contributed by atoms with Gasteiger partial charge in [-0.05, 0) is 50.4 Å². The number of benzene rings is 1. The number of hydrogen-bond donors (Lipinski definition) is 1. The Kier molecular flexibility index (Phi) is 4.94. The number of likely N-dealkylation sites (tertiary alicyclic amines) is 1. The molecule has 2 aliphatic heterocycles. The van der Waals surface area contributed by atoms with Crippen molar-refractivity contribution in [2.45, 2.75) is 50.7 Å². The minimum atomic E-state index is 0.522. The first-order chi connectivity index (χ1) is 10.3. The van der Waals surface area contributed by atoms with Gasteiger partial charge in [-0.15, -0.1) is 0 Å². The fraction of sp³-hybridized carbons (Fsp3) is 0.667. The van der Waals surface area contributed by atoms with Gasteiger partial charge in [0, 0.05) is 31.7 Å². The first kappa shape index (κ1) is 15.0. The highest BCUT2D eigenvalue weighted by Gasteiger charge is 2.26. The van der Waals surface area contributed by atoms with Crippen molar-refractivity contribution >= 4 is 0 Å². The zero-order valence-electron chi connectivity index (χ0n) is 13.3. The van der Waals surface area contributed by atoms with Gasteiger partial charge >= 0.3 is 0 Å². The van der Waals surface area contributed by atoms with E-state index in [1.807, 2.05) is 0 Å². The smallest absolute Gasteiger partial charge is 0.0262 e. The lowest BCUT2D eigenvalue weighted by molar-refractivity contribution is 0.125. The van der Waals surface area contributed by atoms with Crippen molar-refractivity contribution in [1.29, 1.82) is 0 Å². The molecule has 2 N–H and O–H groups in total. The van der Waals surface area contributed by atoms with Crippen LogP contribution in [0.2, 0.25) is 0 Å². The fourth-order valence-corrected chi connectivity index (χ4v) is 3.96. The minimum absolute atomic E-state index is 0.522. The summed E-state index contributed by atoms with van der Waals surface area (Å²) in [5.74, 6) is 0. The van der Waals surface area contributed by atoms with Gasteiger partial charge in [0.15, 0.2) is 0 Å². The third-order valence-electron chi connectivity index (χ3n) is 5.41. The number of rotatable bonds is 4. The van der Waals surface area contributed by atoms with E-state index in [-0.39, 0.29) is 0 Å². The summed E-state index contributed by atoms with van der Waals surface area (Å²) in [7, 11) is 2.29. The SMILES string of the molecule is CN1CCCCC1CCN1Cc2ccccc2CC1CN. The fourth-order valence-electron chi connectivity index (χ4n) is 3.96. The molecule has 2 aliphatic rings. The number of nitrogens with two attached hydrogens (primary N) is 1. The standard InChI is InChI=1S/C18H29N3/c1-20-10-5-4-8-17(20)9-11-21-14-16-7-3-2-6-15(16)12-18(21)13-19/h2-3,6-7,17-18H,4-5,8-14,19H2,1H3. The molecule has 116 valence electrons. The normalized spacial score (nSPS) is 27.5. The van der Waals surface area contributed by atoms with Gasteiger partial charge < -0.3 is 10.6 Å². The molecule has 1 saturated heterocycles. The van der Waals surface area contributed by atoms with Crippen LogP contribution in [-0.4, -0.2) is 48.6 Å². The molecule has 0 spiro atoms. The van der Waals surface area contributed by atoms with Crippen LogP contribution < -0.4 is 5.73 Å². The predicted octanol–water partition coefficient (Wildman–Crippen LogP) is 2.25. The van der Waals surface area contributed by atoms with Crippen molar-refractivity contribution in [2.75, 3.05) is 26.7 Å². The van der Waals surface area contributed by atoms with Gasteiger partial charge in [0.25, 0.3) is 0 Å². The van der Waals surface area contributed by atoms with Crippen molar-refractivity contribution in [2.24, 2.45) is 5.73 Å². The summed E-state index contributed by atoms with van der Waals surface area (Å²) in [4.78, 5) is 5.17. The molecule has 0 radical (unpaired) electrons. The highest BCUT2D eigenvalue weighted by molar-refractivity contribution is 5.30. The second kappa shape index (κ2) is 6.91. The number of piperidine rings is 1. The molecule has 2 unspecified atom stereocenters. The number of nitrogens with zero attached hydrogens (tertiary/aromatic N) is 2. The maximum Gasteiger partial charge on any atom is 0.0262 e. The Hall–Kier alpha value is -0.900. The van der Waals surface area contributed by atoms with Crippen molar-refractivity contribution in [3.63, 3.8) is 0 Å². The van der Waals surface area contributed by atoms with E-state index in [4.69, 9.17) is 5.73 Å². The highest BCUT2D eigenvalue weighted by Crippen LogP contribution is 2.24. The Labute approximate surface area is 129 Å². The third kappa shape index (κ3) is 3.47. The lowest BCUT2D eigenvalue weighted by Gasteiger charge is -2.39. The van der Waals surface area contributed by atoms with Gasteiger partial charge in [-0.3, -0.25) is 4.90 Å². The van der Waals surface area contributed by atoms with E-state index in [1.54, 1.807) is 0 Å². The summed E-state index contributed by atoms with van der Waals surface area (Å²) in [6.07, 6.45) is 6.55. The predicted molar refractivity (Wildman–Crippen MR) is 88.3 cm³/mol.